The van der Waals surface area contributed by atoms with Crippen LogP contribution in [0.3, 0.4) is 0 Å². The van der Waals surface area contributed by atoms with E-state index in [1.807, 2.05) is 17.4 Å². The fourth-order valence-corrected chi connectivity index (χ4v) is 8.54. The molecule has 0 radical (unpaired) electrons. The Balaban J connectivity index is 1.30. The Morgan fingerprint density at radius 3 is 2.40 bits per heavy atom. The number of rotatable bonds is 5. The predicted octanol–water partition coefficient (Wildman–Crippen LogP) is 2.65. The number of nitrogens with zero attached hydrogens (tertiary/aromatic N) is 4. The smallest absolute Gasteiger partial charge is 0.243 e. The summed E-state index contributed by atoms with van der Waals surface area (Å²) < 4.78 is 27.9. The van der Waals surface area contributed by atoms with Gasteiger partial charge in [-0.1, -0.05) is 18.2 Å². The van der Waals surface area contributed by atoms with Gasteiger partial charge in [0.05, 0.1) is 23.4 Å². The highest BCUT2D eigenvalue weighted by atomic mass is 32.2. The lowest BCUT2D eigenvalue weighted by Crippen LogP contribution is -3.11. The van der Waals surface area contributed by atoms with E-state index in [4.69, 9.17) is 9.97 Å². The number of aryl methyl sites for hydroxylation is 2. The Labute approximate surface area is 211 Å². The second-order valence-corrected chi connectivity index (χ2v) is 13.1. The minimum atomic E-state index is -3.47. The fourth-order valence-electron chi connectivity index (χ4n) is 5.82. The molecule has 7 nitrogen and oxygen atoms in total. The summed E-state index contributed by atoms with van der Waals surface area (Å²) >= 11 is 1.86. The van der Waals surface area contributed by atoms with Gasteiger partial charge in [0.1, 0.15) is 17.2 Å². The van der Waals surface area contributed by atoms with Crippen LogP contribution in [0.15, 0.2) is 35.2 Å². The van der Waals surface area contributed by atoms with Crippen molar-refractivity contribution < 1.29 is 13.3 Å². The summed E-state index contributed by atoms with van der Waals surface area (Å²) in [6, 6.07) is 8.78. The molecule has 2 fully saturated rings. The van der Waals surface area contributed by atoms with Crippen LogP contribution >= 0.6 is 11.3 Å². The molecule has 186 valence electrons. The van der Waals surface area contributed by atoms with E-state index in [9.17, 15) is 8.42 Å². The third-order valence-corrected chi connectivity index (χ3v) is 10.8. The van der Waals surface area contributed by atoms with E-state index in [0.717, 1.165) is 35.9 Å². The zero-order valence-electron chi connectivity index (χ0n) is 20.2. The first-order valence-electron chi connectivity index (χ1n) is 13.0. The summed E-state index contributed by atoms with van der Waals surface area (Å²) in [6.07, 6.45) is 8.63. The van der Waals surface area contributed by atoms with Gasteiger partial charge in [-0.15, -0.1) is 11.3 Å². The topological polar surface area (TPSA) is 70.8 Å². The third-order valence-electron chi connectivity index (χ3n) is 7.73. The SMILES string of the molecule is O=S(=O)(c1ccccc1)N1CCN(c2nc(C[NH+]3CCCCC3)nc3sc4c(c23)CCCC4)CC1. The zero-order chi connectivity index (χ0) is 23.8. The van der Waals surface area contributed by atoms with Crippen LogP contribution in [-0.2, 0) is 29.4 Å². The number of thiophene rings is 1. The van der Waals surface area contributed by atoms with Gasteiger partial charge in [0.25, 0.3) is 0 Å². The number of piperazine rings is 1. The highest BCUT2D eigenvalue weighted by Crippen LogP contribution is 2.40. The number of quaternary nitrogens is 1. The highest BCUT2D eigenvalue weighted by Gasteiger charge is 2.31. The predicted molar refractivity (Wildman–Crippen MR) is 140 cm³/mol. The molecule has 0 bridgehead atoms. The van der Waals surface area contributed by atoms with Gasteiger partial charge in [0.15, 0.2) is 5.82 Å². The molecular weight excluding hydrogens is 478 g/mol. The minimum absolute atomic E-state index is 0.372. The standard InChI is InChI=1S/C26H33N5O2S2/c32-35(33,20-9-3-1-4-10-20)31-17-15-30(16-18-31)25-24-21-11-5-6-12-22(21)34-26(24)28-23(27-25)19-29-13-7-2-8-14-29/h1,3-4,9-10H,2,5-8,11-19H2/p+1. The van der Waals surface area contributed by atoms with Crippen molar-refractivity contribution in [3.05, 3.63) is 46.6 Å². The summed E-state index contributed by atoms with van der Waals surface area (Å²) in [6.45, 7) is 5.54. The van der Waals surface area contributed by atoms with E-state index < -0.39 is 10.0 Å². The molecular formula is C26H34N5O2S2+. The van der Waals surface area contributed by atoms with Crippen molar-refractivity contribution in [1.29, 1.82) is 0 Å². The van der Waals surface area contributed by atoms with E-state index in [1.54, 1.807) is 33.5 Å². The number of likely N-dealkylation sites (tertiary alicyclic amines) is 1. The number of piperidine rings is 1. The van der Waals surface area contributed by atoms with Crippen LogP contribution in [0.1, 0.15) is 48.4 Å². The van der Waals surface area contributed by atoms with Crippen molar-refractivity contribution >= 4 is 37.4 Å². The van der Waals surface area contributed by atoms with Crippen LogP contribution in [0.2, 0.25) is 0 Å². The summed E-state index contributed by atoms with van der Waals surface area (Å²) in [7, 11) is -3.47. The molecule has 2 aromatic heterocycles. The Morgan fingerprint density at radius 2 is 1.63 bits per heavy atom. The number of hydrogen-bond donors (Lipinski definition) is 1. The van der Waals surface area contributed by atoms with Crippen LogP contribution in [0, 0.1) is 0 Å². The number of anilines is 1. The summed E-state index contributed by atoms with van der Waals surface area (Å²) in [5.74, 6) is 1.99. The van der Waals surface area contributed by atoms with Crippen LogP contribution in [-0.4, -0.2) is 62.0 Å². The minimum Gasteiger partial charge on any atom is -0.353 e. The molecule has 0 amide bonds. The van der Waals surface area contributed by atoms with E-state index in [0.29, 0.717) is 31.1 Å². The van der Waals surface area contributed by atoms with Crippen LogP contribution in [0.5, 0.6) is 0 Å². The van der Waals surface area contributed by atoms with Crippen molar-refractivity contribution in [1.82, 2.24) is 14.3 Å². The highest BCUT2D eigenvalue weighted by molar-refractivity contribution is 7.89. The maximum Gasteiger partial charge on any atom is 0.243 e. The number of benzene rings is 1. The summed E-state index contributed by atoms with van der Waals surface area (Å²) in [4.78, 5) is 17.1. The van der Waals surface area contributed by atoms with Gasteiger partial charge in [-0.2, -0.15) is 4.31 Å². The molecule has 0 atom stereocenters. The van der Waals surface area contributed by atoms with Gasteiger partial charge in [-0.3, -0.25) is 0 Å². The summed E-state index contributed by atoms with van der Waals surface area (Å²) in [5, 5.41) is 1.24. The molecule has 2 aliphatic heterocycles. The first-order chi connectivity index (χ1) is 17.1. The first kappa shape index (κ1) is 23.3. The largest absolute Gasteiger partial charge is 0.353 e. The van der Waals surface area contributed by atoms with Gasteiger partial charge >= 0.3 is 0 Å². The average molecular weight is 513 g/mol. The van der Waals surface area contributed by atoms with Gasteiger partial charge in [0, 0.05) is 31.1 Å². The molecule has 1 N–H and O–H groups in total. The quantitative estimate of drug-likeness (QED) is 0.569. The maximum atomic E-state index is 13.1. The lowest BCUT2D eigenvalue weighted by Gasteiger charge is -2.35. The average Bonchev–Trinajstić information content (AvgIpc) is 3.28. The molecule has 35 heavy (non-hydrogen) atoms. The number of nitrogens with one attached hydrogen (secondary N) is 1. The number of hydrogen-bond acceptors (Lipinski definition) is 6. The van der Waals surface area contributed by atoms with E-state index in [2.05, 4.69) is 4.90 Å². The van der Waals surface area contributed by atoms with E-state index in [-0.39, 0.29) is 0 Å². The maximum absolute atomic E-state index is 13.1. The van der Waals surface area contributed by atoms with Crippen molar-refractivity contribution in [2.45, 2.75) is 56.4 Å². The first-order valence-corrected chi connectivity index (χ1v) is 15.3. The van der Waals surface area contributed by atoms with Crippen LogP contribution in [0.25, 0.3) is 10.2 Å². The molecule has 2 saturated heterocycles. The molecule has 4 heterocycles. The van der Waals surface area contributed by atoms with Crippen LogP contribution in [0.4, 0.5) is 5.82 Å². The molecule has 6 rings (SSSR count). The van der Waals surface area contributed by atoms with E-state index >= 15 is 0 Å². The second-order valence-electron chi connectivity index (χ2n) is 10.0. The van der Waals surface area contributed by atoms with Crippen molar-refractivity contribution in [2.75, 3.05) is 44.2 Å². The van der Waals surface area contributed by atoms with Crippen LogP contribution < -0.4 is 9.80 Å². The Kier molecular flexibility index (Phi) is 6.51. The molecule has 1 aliphatic carbocycles. The monoisotopic (exact) mass is 512 g/mol. The third kappa shape index (κ3) is 4.59. The van der Waals surface area contributed by atoms with Gasteiger partial charge in [0.2, 0.25) is 10.0 Å². The molecule has 0 spiro atoms. The molecule has 0 unspecified atom stereocenters. The summed E-state index contributed by atoms with van der Waals surface area (Å²) in [5.41, 5.74) is 1.45. The number of aromatic nitrogens is 2. The lowest BCUT2D eigenvalue weighted by atomic mass is 9.97. The Bertz CT molecular complexity index is 1290. The zero-order valence-corrected chi connectivity index (χ0v) is 21.8. The molecule has 0 saturated carbocycles. The Hall–Kier alpha value is -2.07. The van der Waals surface area contributed by atoms with Crippen molar-refractivity contribution in [3.8, 4) is 0 Å². The van der Waals surface area contributed by atoms with Crippen molar-refractivity contribution in [3.63, 3.8) is 0 Å². The fraction of sp³-hybridized carbons (Fsp3) is 0.538. The molecule has 3 aliphatic rings. The molecule has 3 aromatic rings. The van der Waals surface area contributed by atoms with E-state index in [1.165, 1.54) is 61.0 Å². The van der Waals surface area contributed by atoms with Gasteiger partial charge in [-0.25, -0.2) is 18.4 Å². The van der Waals surface area contributed by atoms with Gasteiger partial charge < -0.3 is 9.80 Å². The molecule has 9 heteroatoms. The lowest BCUT2D eigenvalue weighted by molar-refractivity contribution is -0.919. The number of sulfonamides is 1. The van der Waals surface area contributed by atoms with Crippen molar-refractivity contribution in [2.24, 2.45) is 0 Å². The number of fused-ring (bicyclic) bond motifs is 3. The Morgan fingerprint density at radius 1 is 0.886 bits per heavy atom. The molecule has 1 aromatic carbocycles. The second kappa shape index (κ2) is 9.76. The van der Waals surface area contributed by atoms with Gasteiger partial charge in [-0.05, 0) is 62.6 Å². The normalized spacial score (nSPS) is 20.3.